The molecule has 45 heavy (non-hydrogen) atoms. The predicted molar refractivity (Wildman–Crippen MR) is 168 cm³/mol. The number of nitrogens with zero attached hydrogens (tertiary/aromatic N) is 4. The van der Waals surface area contributed by atoms with Crippen LogP contribution in [0.15, 0.2) is 89.6 Å². The number of hydrogen-bond donors (Lipinski definition) is 0. The third-order valence-electron chi connectivity index (χ3n) is 7.62. The number of amides is 2. The van der Waals surface area contributed by atoms with Crippen LogP contribution in [0, 0.1) is 11.3 Å². The van der Waals surface area contributed by atoms with Gasteiger partial charge in [-0.05, 0) is 73.0 Å². The fourth-order valence-corrected chi connectivity index (χ4v) is 5.18. The molecule has 0 aliphatic carbocycles. The lowest BCUT2D eigenvalue weighted by Gasteiger charge is -2.27. The maximum Gasteiger partial charge on any atom is 0.271 e. The Hall–Kier alpha value is -5.82. The van der Waals surface area contributed by atoms with Crippen LogP contribution in [0.2, 0.25) is 0 Å². The molecule has 0 radical (unpaired) electrons. The molecular formula is C35H32N4O6. The van der Waals surface area contributed by atoms with Crippen molar-refractivity contribution in [3.63, 3.8) is 0 Å². The van der Waals surface area contributed by atoms with E-state index in [1.54, 1.807) is 64.3 Å². The smallest absolute Gasteiger partial charge is 0.271 e. The number of nitriles is 1. The van der Waals surface area contributed by atoms with Gasteiger partial charge < -0.3 is 18.9 Å². The highest BCUT2D eigenvalue weighted by atomic mass is 16.5. The van der Waals surface area contributed by atoms with Gasteiger partial charge in [0.15, 0.2) is 23.0 Å². The average Bonchev–Trinajstić information content (AvgIpc) is 3.50. The van der Waals surface area contributed by atoms with Crippen LogP contribution in [0.1, 0.15) is 18.1 Å². The Morgan fingerprint density at radius 1 is 0.822 bits per heavy atom. The molecule has 0 spiro atoms. The van der Waals surface area contributed by atoms with Gasteiger partial charge in [0.2, 0.25) is 0 Å². The fraction of sp³-hybridized carbons (Fsp3) is 0.200. The van der Waals surface area contributed by atoms with E-state index in [1.165, 1.54) is 0 Å². The average molecular weight is 605 g/mol. The summed E-state index contributed by atoms with van der Waals surface area (Å²) in [5, 5.41) is 14.8. The molecule has 0 saturated carbocycles. The lowest BCUT2D eigenvalue weighted by Crippen LogP contribution is -2.43. The van der Waals surface area contributed by atoms with Crippen molar-refractivity contribution in [1.82, 2.24) is 14.7 Å². The second-order valence-corrected chi connectivity index (χ2v) is 10.2. The predicted octanol–water partition coefficient (Wildman–Crippen LogP) is 5.41. The van der Waals surface area contributed by atoms with E-state index in [1.807, 2.05) is 60.8 Å². The van der Waals surface area contributed by atoms with Gasteiger partial charge in [0.1, 0.15) is 17.3 Å². The van der Waals surface area contributed by atoms with Crippen molar-refractivity contribution >= 4 is 17.9 Å². The number of rotatable bonds is 10. The monoisotopic (exact) mass is 604 g/mol. The van der Waals surface area contributed by atoms with E-state index in [0.717, 1.165) is 21.7 Å². The normalized spacial score (nSPS) is 14.0. The molecule has 1 aromatic heterocycles. The summed E-state index contributed by atoms with van der Waals surface area (Å²) in [7, 11) is 6.21. The molecule has 2 amide bonds. The molecule has 2 heterocycles. The highest BCUT2D eigenvalue weighted by Crippen LogP contribution is 2.36. The Morgan fingerprint density at radius 2 is 1.47 bits per heavy atom. The van der Waals surface area contributed by atoms with E-state index >= 15 is 0 Å². The molecule has 0 bridgehead atoms. The van der Waals surface area contributed by atoms with Gasteiger partial charge in [-0.1, -0.05) is 24.3 Å². The van der Waals surface area contributed by atoms with Crippen LogP contribution in [-0.2, 0) is 16.0 Å². The third-order valence-corrected chi connectivity index (χ3v) is 7.62. The standard InChI is InChI=1S/C35H32N4O6/c1-22-27(34(40)38(35(41)28(22)20-36)16-15-23-11-13-29(42-2)31(17-23)44-4)18-25-21-39(26-9-7-6-8-10-26)37-33(25)24-12-14-30(43-3)32(19-24)45-5/h6-14,17-19,21H,15-16H2,1-5H3/b27-18-. The quantitative estimate of drug-likeness (QED) is 0.174. The van der Waals surface area contributed by atoms with Crippen LogP contribution < -0.4 is 18.9 Å². The Morgan fingerprint density at radius 3 is 2.11 bits per heavy atom. The number of carbonyl (C=O) groups excluding carboxylic acids is 2. The highest BCUT2D eigenvalue weighted by molar-refractivity contribution is 6.19. The molecule has 1 aliphatic heterocycles. The van der Waals surface area contributed by atoms with Gasteiger partial charge in [-0.25, -0.2) is 4.68 Å². The molecular weight excluding hydrogens is 572 g/mol. The number of aromatic nitrogens is 2. The van der Waals surface area contributed by atoms with Crippen LogP contribution in [0.25, 0.3) is 23.0 Å². The molecule has 0 unspecified atom stereocenters. The van der Waals surface area contributed by atoms with E-state index < -0.39 is 11.8 Å². The second kappa shape index (κ2) is 13.2. The maximum atomic E-state index is 14.0. The zero-order chi connectivity index (χ0) is 32.1. The summed E-state index contributed by atoms with van der Waals surface area (Å²) in [4.78, 5) is 28.4. The van der Waals surface area contributed by atoms with Crippen molar-refractivity contribution in [1.29, 1.82) is 5.26 Å². The maximum absolute atomic E-state index is 14.0. The minimum atomic E-state index is -0.627. The number of methoxy groups -OCH3 is 4. The summed E-state index contributed by atoms with van der Waals surface area (Å²) in [6, 6.07) is 22.4. The van der Waals surface area contributed by atoms with E-state index in [9.17, 15) is 14.9 Å². The van der Waals surface area contributed by atoms with Crippen molar-refractivity contribution < 1.29 is 28.5 Å². The van der Waals surface area contributed by atoms with Crippen LogP contribution in [0.3, 0.4) is 0 Å². The Kier molecular flexibility index (Phi) is 9.00. The summed E-state index contributed by atoms with van der Waals surface area (Å²) in [5.74, 6) is 1.07. The Bertz CT molecular complexity index is 1870. The lowest BCUT2D eigenvalue weighted by atomic mass is 9.93. The zero-order valence-electron chi connectivity index (χ0n) is 25.7. The van der Waals surface area contributed by atoms with Gasteiger partial charge in [-0.3, -0.25) is 14.5 Å². The van der Waals surface area contributed by atoms with Crippen molar-refractivity contribution in [3.05, 3.63) is 101 Å². The minimum absolute atomic E-state index is 0.0642. The number of ether oxygens (including phenoxy) is 4. The lowest BCUT2D eigenvalue weighted by molar-refractivity contribution is -0.140. The molecule has 0 atom stereocenters. The van der Waals surface area contributed by atoms with Gasteiger partial charge in [-0.15, -0.1) is 0 Å². The SMILES string of the molecule is COc1ccc(CCN2C(=O)C(C#N)=C(C)/C(=C/c3cn(-c4ccccc4)nc3-c3ccc(OC)c(OC)c3)C2=O)cc1OC. The summed E-state index contributed by atoms with van der Waals surface area (Å²) in [6.45, 7) is 1.68. The first-order valence-electron chi connectivity index (χ1n) is 14.1. The zero-order valence-corrected chi connectivity index (χ0v) is 25.7. The number of benzene rings is 3. The number of para-hydroxylation sites is 1. The van der Waals surface area contributed by atoms with E-state index in [4.69, 9.17) is 24.0 Å². The number of hydrogen-bond acceptors (Lipinski definition) is 8. The first-order valence-corrected chi connectivity index (χ1v) is 14.1. The van der Waals surface area contributed by atoms with Crippen LogP contribution in [-0.4, -0.2) is 61.5 Å². The summed E-state index contributed by atoms with van der Waals surface area (Å²) in [6.07, 6.45) is 3.85. The van der Waals surface area contributed by atoms with Gasteiger partial charge in [-0.2, -0.15) is 10.4 Å². The van der Waals surface area contributed by atoms with E-state index in [0.29, 0.717) is 46.2 Å². The van der Waals surface area contributed by atoms with E-state index in [2.05, 4.69) is 0 Å². The molecule has 10 nitrogen and oxygen atoms in total. The second-order valence-electron chi connectivity index (χ2n) is 10.2. The van der Waals surface area contributed by atoms with Crippen LogP contribution >= 0.6 is 0 Å². The molecule has 228 valence electrons. The van der Waals surface area contributed by atoms with Crippen molar-refractivity contribution in [3.8, 4) is 46.0 Å². The number of carbonyl (C=O) groups is 2. The largest absolute Gasteiger partial charge is 0.493 e. The molecule has 5 rings (SSSR count). The highest BCUT2D eigenvalue weighted by Gasteiger charge is 2.35. The fourth-order valence-electron chi connectivity index (χ4n) is 5.18. The van der Waals surface area contributed by atoms with E-state index in [-0.39, 0.29) is 17.7 Å². The van der Waals surface area contributed by atoms with Crippen molar-refractivity contribution in [2.45, 2.75) is 13.3 Å². The van der Waals surface area contributed by atoms with Gasteiger partial charge in [0.05, 0.1) is 34.1 Å². The minimum Gasteiger partial charge on any atom is -0.493 e. The molecule has 3 aromatic carbocycles. The summed E-state index contributed by atoms with van der Waals surface area (Å²) < 4.78 is 23.4. The molecule has 1 aliphatic rings. The summed E-state index contributed by atoms with van der Waals surface area (Å²) >= 11 is 0. The van der Waals surface area contributed by atoms with Gasteiger partial charge >= 0.3 is 0 Å². The third kappa shape index (κ3) is 6.01. The van der Waals surface area contributed by atoms with Gasteiger partial charge in [0.25, 0.3) is 11.8 Å². The molecule has 0 N–H and O–H groups in total. The molecule has 0 saturated heterocycles. The van der Waals surface area contributed by atoms with Crippen molar-refractivity contribution in [2.75, 3.05) is 35.0 Å². The number of imide groups is 1. The molecule has 0 fully saturated rings. The first kappa shape index (κ1) is 30.6. The van der Waals surface area contributed by atoms with Crippen LogP contribution in [0.4, 0.5) is 0 Å². The molecule has 10 heteroatoms. The molecule has 4 aromatic rings. The Balaban J connectivity index is 1.58. The summed E-state index contributed by atoms with van der Waals surface area (Å²) in [5.41, 5.74) is 4.00. The van der Waals surface area contributed by atoms with Gasteiger partial charge in [0, 0.05) is 29.4 Å². The van der Waals surface area contributed by atoms with Crippen molar-refractivity contribution in [2.24, 2.45) is 0 Å². The first-order chi connectivity index (χ1) is 21.8. The van der Waals surface area contributed by atoms with Crippen LogP contribution in [0.5, 0.6) is 23.0 Å². The Labute approximate surface area is 261 Å². The topological polar surface area (TPSA) is 116 Å².